The number of benzene rings is 4. The van der Waals surface area contributed by atoms with Crippen LogP contribution in [0.15, 0.2) is 108 Å². The molecule has 5 rings (SSSR count). The first-order chi connectivity index (χ1) is 17.6. The molecule has 0 radical (unpaired) electrons. The highest BCUT2D eigenvalue weighted by Crippen LogP contribution is 2.59. The first-order valence-corrected chi connectivity index (χ1v) is 12.3. The first-order valence-electron chi connectivity index (χ1n) is 12.3. The Morgan fingerprint density at radius 3 is 2.19 bits per heavy atom. The second-order valence-corrected chi connectivity index (χ2v) is 9.51. The van der Waals surface area contributed by atoms with Gasteiger partial charge in [-0.05, 0) is 49.1 Å². The molecule has 0 spiro atoms. The summed E-state index contributed by atoms with van der Waals surface area (Å²) in [5, 5.41) is 4.30. The Labute approximate surface area is 212 Å². The van der Waals surface area contributed by atoms with E-state index in [9.17, 15) is 4.79 Å². The normalized spacial score (nSPS) is 16.0. The third-order valence-electron chi connectivity index (χ3n) is 6.88. The van der Waals surface area contributed by atoms with Crippen LogP contribution < -0.4 is 10.2 Å². The summed E-state index contributed by atoms with van der Waals surface area (Å²) in [6.07, 6.45) is 2.42. The topological polar surface area (TPSA) is 50.7 Å². The number of rotatable bonds is 8. The van der Waals surface area contributed by atoms with Gasteiger partial charge in [0, 0.05) is 11.0 Å². The van der Waals surface area contributed by atoms with Gasteiger partial charge in [-0.15, -0.1) is 0 Å². The van der Waals surface area contributed by atoms with Gasteiger partial charge in [0.25, 0.3) is 0 Å². The number of nitrogens with zero attached hydrogens (tertiary/aromatic N) is 1. The Kier molecular flexibility index (Phi) is 6.68. The first kappa shape index (κ1) is 23.6. The van der Waals surface area contributed by atoms with Crippen molar-refractivity contribution in [2.24, 2.45) is 11.0 Å². The molecule has 1 saturated carbocycles. The summed E-state index contributed by atoms with van der Waals surface area (Å²) in [4.78, 5) is 13.3. The van der Waals surface area contributed by atoms with Gasteiger partial charge in [0.2, 0.25) is 5.91 Å². The van der Waals surface area contributed by atoms with Crippen LogP contribution in [0.1, 0.15) is 39.8 Å². The van der Waals surface area contributed by atoms with E-state index < -0.39 is 0 Å². The van der Waals surface area contributed by atoms with Crippen molar-refractivity contribution in [3.05, 3.63) is 137 Å². The van der Waals surface area contributed by atoms with Gasteiger partial charge in [-0.3, -0.25) is 4.79 Å². The zero-order valence-corrected chi connectivity index (χ0v) is 20.6. The Morgan fingerprint density at radius 1 is 0.889 bits per heavy atom. The summed E-state index contributed by atoms with van der Waals surface area (Å²) >= 11 is 0. The lowest BCUT2D eigenvalue weighted by Gasteiger charge is -2.20. The molecule has 1 atom stereocenters. The third kappa shape index (κ3) is 4.94. The van der Waals surface area contributed by atoms with Gasteiger partial charge in [0.05, 0.1) is 12.1 Å². The number of hydrazone groups is 1. The number of carbonyl (C=O) groups is 1. The van der Waals surface area contributed by atoms with Crippen LogP contribution in [0.25, 0.3) is 0 Å². The highest BCUT2D eigenvalue weighted by Gasteiger charge is 2.60. The van der Waals surface area contributed by atoms with Gasteiger partial charge < -0.3 is 4.74 Å². The lowest BCUT2D eigenvalue weighted by molar-refractivity contribution is -0.122. The van der Waals surface area contributed by atoms with Gasteiger partial charge >= 0.3 is 0 Å². The van der Waals surface area contributed by atoms with E-state index in [-0.39, 0.29) is 17.2 Å². The molecule has 0 unspecified atom stereocenters. The van der Waals surface area contributed by atoms with Crippen LogP contribution in [-0.2, 0) is 16.8 Å². The van der Waals surface area contributed by atoms with E-state index in [1.54, 1.807) is 6.21 Å². The molecule has 36 heavy (non-hydrogen) atoms. The monoisotopic (exact) mass is 474 g/mol. The third-order valence-corrected chi connectivity index (χ3v) is 6.88. The fraction of sp³-hybridized carbons (Fsp3) is 0.188. The minimum absolute atomic E-state index is 0.0723. The standard InChI is InChI=1S/C32H30N2O2/c1-23-10-8-15-27(18-23)32(28-16-9-11-24(2)19-28)20-29(32)31(35)34-33-21-26-14-6-7-17-30(26)36-22-25-12-4-3-5-13-25/h3-19,21,29H,20,22H2,1-2H3,(H,34,35)/b33-21-/t29-/m1/s1. The number of amides is 1. The summed E-state index contributed by atoms with van der Waals surface area (Å²) in [5.41, 5.74) is 9.11. The lowest BCUT2D eigenvalue weighted by Crippen LogP contribution is -2.25. The molecule has 0 aliphatic heterocycles. The molecule has 4 nitrogen and oxygen atoms in total. The molecule has 0 heterocycles. The van der Waals surface area contributed by atoms with Crippen LogP contribution >= 0.6 is 0 Å². The van der Waals surface area contributed by atoms with Gasteiger partial charge in [0.15, 0.2) is 0 Å². The molecule has 1 N–H and O–H groups in total. The summed E-state index contributed by atoms with van der Waals surface area (Å²) in [5.74, 6) is 0.472. The van der Waals surface area contributed by atoms with Crippen molar-refractivity contribution in [2.45, 2.75) is 32.3 Å². The average molecular weight is 475 g/mol. The summed E-state index contributed by atoms with van der Waals surface area (Å²) in [6.45, 7) is 4.65. The number of hydrogen-bond donors (Lipinski definition) is 1. The van der Waals surface area contributed by atoms with Gasteiger partial charge in [-0.1, -0.05) is 102 Å². The van der Waals surface area contributed by atoms with E-state index in [1.165, 1.54) is 22.3 Å². The number of para-hydroxylation sites is 1. The van der Waals surface area contributed by atoms with E-state index in [0.717, 1.165) is 23.3 Å². The molecule has 4 aromatic rings. The van der Waals surface area contributed by atoms with Crippen molar-refractivity contribution in [1.82, 2.24) is 5.43 Å². The Hall–Kier alpha value is -4.18. The molecular formula is C32H30N2O2. The molecule has 1 aliphatic rings. The molecule has 4 heteroatoms. The van der Waals surface area contributed by atoms with Gasteiger partial charge in [-0.2, -0.15) is 5.10 Å². The molecule has 0 saturated heterocycles. The van der Waals surface area contributed by atoms with Crippen LogP contribution in [0.3, 0.4) is 0 Å². The predicted octanol–water partition coefficient (Wildman–Crippen LogP) is 6.34. The molecule has 0 aromatic heterocycles. The smallest absolute Gasteiger partial charge is 0.244 e. The second kappa shape index (κ2) is 10.2. The van der Waals surface area contributed by atoms with E-state index in [0.29, 0.717) is 6.61 Å². The highest BCUT2D eigenvalue weighted by atomic mass is 16.5. The van der Waals surface area contributed by atoms with Crippen molar-refractivity contribution in [3.8, 4) is 5.75 Å². The van der Waals surface area contributed by atoms with Crippen LogP contribution in [0.2, 0.25) is 0 Å². The molecule has 1 amide bonds. The minimum Gasteiger partial charge on any atom is -0.488 e. The van der Waals surface area contributed by atoms with Gasteiger partial charge in [-0.25, -0.2) is 5.43 Å². The zero-order valence-electron chi connectivity index (χ0n) is 20.6. The summed E-state index contributed by atoms with van der Waals surface area (Å²) < 4.78 is 6.01. The summed E-state index contributed by atoms with van der Waals surface area (Å²) in [7, 11) is 0. The van der Waals surface area contributed by atoms with Crippen LogP contribution in [0, 0.1) is 19.8 Å². The summed E-state index contributed by atoms with van der Waals surface area (Å²) in [6, 6.07) is 34.7. The van der Waals surface area contributed by atoms with E-state index in [2.05, 4.69) is 72.9 Å². The molecule has 1 fully saturated rings. The lowest BCUT2D eigenvalue weighted by atomic mass is 9.84. The number of nitrogens with one attached hydrogen (secondary N) is 1. The Balaban J connectivity index is 1.31. The van der Waals surface area contributed by atoms with E-state index >= 15 is 0 Å². The fourth-order valence-corrected chi connectivity index (χ4v) is 4.93. The zero-order chi connectivity index (χ0) is 25.0. The minimum atomic E-state index is -0.325. The number of carbonyl (C=O) groups excluding carboxylic acids is 1. The van der Waals surface area contributed by atoms with Crippen molar-refractivity contribution in [3.63, 3.8) is 0 Å². The maximum Gasteiger partial charge on any atom is 0.244 e. The number of hydrogen-bond acceptors (Lipinski definition) is 3. The molecule has 1 aliphatic carbocycles. The van der Waals surface area contributed by atoms with E-state index in [1.807, 2.05) is 54.6 Å². The van der Waals surface area contributed by atoms with Crippen LogP contribution in [-0.4, -0.2) is 12.1 Å². The largest absolute Gasteiger partial charge is 0.488 e. The number of ether oxygens (including phenoxy) is 1. The van der Waals surface area contributed by atoms with Crippen LogP contribution in [0.4, 0.5) is 0 Å². The second-order valence-electron chi connectivity index (χ2n) is 9.51. The fourth-order valence-electron chi connectivity index (χ4n) is 4.93. The Bertz CT molecular complexity index is 1350. The maximum absolute atomic E-state index is 13.3. The molecule has 4 aromatic carbocycles. The van der Waals surface area contributed by atoms with Crippen molar-refractivity contribution < 1.29 is 9.53 Å². The highest BCUT2D eigenvalue weighted by molar-refractivity contribution is 5.88. The quantitative estimate of drug-likeness (QED) is 0.239. The Morgan fingerprint density at radius 2 is 1.53 bits per heavy atom. The maximum atomic E-state index is 13.3. The van der Waals surface area contributed by atoms with Crippen molar-refractivity contribution in [1.29, 1.82) is 0 Å². The predicted molar refractivity (Wildman–Crippen MR) is 144 cm³/mol. The SMILES string of the molecule is Cc1cccc(C2(c3cccc(C)c3)C[C@@H]2C(=O)N/N=C\c2ccccc2OCc2ccccc2)c1. The molecule has 180 valence electrons. The molecule has 0 bridgehead atoms. The van der Waals surface area contributed by atoms with E-state index in [4.69, 9.17) is 4.74 Å². The van der Waals surface area contributed by atoms with Crippen molar-refractivity contribution >= 4 is 12.1 Å². The van der Waals surface area contributed by atoms with Gasteiger partial charge in [0.1, 0.15) is 12.4 Å². The van der Waals surface area contributed by atoms with Crippen molar-refractivity contribution in [2.75, 3.05) is 0 Å². The van der Waals surface area contributed by atoms with Crippen LogP contribution in [0.5, 0.6) is 5.75 Å². The average Bonchev–Trinajstić information content (AvgIpc) is 3.66. The number of aryl methyl sites for hydroxylation is 2. The molecular weight excluding hydrogens is 444 g/mol.